The molecule has 0 saturated heterocycles. The Hall–Kier alpha value is -1.42. The molecule has 0 saturated carbocycles. The highest BCUT2D eigenvalue weighted by atomic mass is 32.3. The van der Waals surface area contributed by atoms with E-state index in [0.717, 1.165) is 16.8 Å². The molecule has 19 heavy (non-hydrogen) atoms. The van der Waals surface area contributed by atoms with Crippen molar-refractivity contribution in [3.8, 4) is 10.6 Å². The number of aromatic nitrogens is 2. The Kier molecular flexibility index (Phi) is 3.17. The normalized spacial score (nSPS) is 12.9. The number of hydrogen-bond acceptors (Lipinski definition) is 4. The van der Waals surface area contributed by atoms with E-state index in [0.29, 0.717) is 11.3 Å². The minimum absolute atomic E-state index is 0.0622. The van der Waals surface area contributed by atoms with E-state index in [1.165, 1.54) is 13.1 Å². The quantitative estimate of drug-likeness (QED) is 0.633. The summed E-state index contributed by atoms with van der Waals surface area (Å²) in [7, 11) is -3.57. The summed E-state index contributed by atoms with van der Waals surface area (Å²) < 4.78 is 71.9. The summed E-state index contributed by atoms with van der Waals surface area (Å²) in [4.78, 5) is 0.182. The lowest BCUT2D eigenvalue weighted by Crippen LogP contribution is -2.06. The van der Waals surface area contributed by atoms with Gasteiger partial charge in [-0.1, -0.05) is 3.89 Å². The van der Waals surface area contributed by atoms with Gasteiger partial charge in [0, 0.05) is 7.05 Å². The molecule has 0 bridgehead atoms. The van der Waals surface area contributed by atoms with Crippen molar-refractivity contribution in [2.45, 2.75) is 10.4 Å². The zero-order valence-electron chi connectivity index (χ0n) is 9.27. The fourth-order valence-electron chi connectivity index (χ4n) is 1.43. The van der Waals surface area contributed by atoms with Crippen molar-refractivity contribution in [2.24, 2.45) is 7.05 Å². The molecule has 0 amide bonds. The van der Waals surface area contributed by atoms with E-state index in [1.807, 2.05) is 0 Å². The Bertz CT molecular complexity index is 715. The largest absolute Gasteiger partial charge is 0.435 e. The first-order valence-corrected chi connectivity index (χ1v) is 6.95. The van der Waals surface area contributed by atoms with Crippen LogP contribution in [-0.4, -0.2) is 18.2 Å². The van der Waals surface area contributed by atoms with Gasteiger partial charge in [0.05, 0.1) is 10.6 Å². The summed E-state index contributed by atoms with van der Waals surface area (Å²) >= 11 is 0.540. The minimum Gasteiger partial charge on any atom is -0.267 e. The molecule has 0 N–H and O–H groups in total. The Morgan fingerprint density at radius 2 is 1.95 bits per heavy atom. The van der Waals surface area contributed by atoms with E-state index in [-0.39, 0.29) is 10.6 Å². The first kappa shape index (κ1) is 14.0. The molecular formula is C9H6F4N2O2S2. The smallest absolute Gasteiger partial charge is 0.267 e. The number of rotatable bonds is 2. The molecular weight excluding hydrogens is 308 g/mol. The van der Waals surface area contributed by atoms with Crippen molar-refractivity contribution in [3.05, 3.63) is 23.9 Å². The molecule has 0 fully saturated rings. The molecule has 2 heterocycles. The monoisotopic (exact) mass is 314 g/mol. The van der Waals surface area contributed by atoms with Crippen LogP contribution in [0.15, 0.2) is 22.4 Å². The molecule has 0 radical (unpaired) electrons. The van der Waals surface area contributed by atoms with Gasteiger partial charge < -0.3 is 0 Å². The van der Waals surface area contributed by atoms with Gasteiger partial charge in [0.25, 0.3) is 0 Å². The first-order chi connectivity index (χ1) is 8.59. The third-order valence-corrected chi connectivity index (χ3v) is 4.61. The summed E-state index contributed by atoms with van der Waals surface area (Å²) in [6.07, 6.45) is -4.59. The zero-order chi connectivity index (χ0) is 14.4. The summed E-state index contributed by atoms with van der Waals surface area (Å²) in [6, 6.07) is 3.00. The van der Waals surface area contributed by atoms with Crippen LogP contribution in [0, 0.1) is 0 Å². The molecule has 0 spiro atoms. The van der Waals surface area contributed by atoms with Gasteiger partial charge in [-0.3, -0.25) is 4.68 Å². The highest BCUT2D eigenvalue weighted by Crippen LogP contribution is 2.35. The predicted molar refractivity (Wildman–Crippen MR) is 59.8 cm³/mol. The minimum atomic E-state index is -4.86. The van der Waals surface area contributed by atoms with Gasteiger partial charge in [0.1, 0.15) is 0 Å². The molecule has 104 valence electrons. The Balaban J connectivity index is 2.49. The number of aryl methyl sites for hydroxylation is 1. The predicted octanol–water partition coefficient (Wildman–Crippen LogP) is 2.83. The van der Waals surface area contributed by atoms with Gasteiger partial charge in [-0.05, 0) is 18.2 Å². The van der Waals surface area contributed by atoms with Crippen LogP contribution in [0.2, 0.25) is 0 Å². The molecule has 0 unspecified atom stereocenters. The number of nitrogens with zero attached hydrogens (tertiary/aromatic N) is 2. The highest BCUT2D eigenvalue weighted by Gasteiger charge is 2.35. The van der Waals surface area contributed by atoms with E-state index in [2.05, 4.69) is 5.10 Å². The van der Waals surface area contributed by atoms with Crippen LogP contribution in [0.5, 0.6) is 0 Å². The van der Waals surface area contributed by atoms with Crippen LogP contribution in [0.3, 0.4) is 0 Å². The van der Waals surface area contributed by atoms with Crippen molar-refractivity contribution < 1.29 is 25.5 Å². The van der Waals surface area contributed by atoms with Crippen molar-refractivity contribution in [2.75, 3.05) is 0 Å². The lowest BCUT2D eigenvalue weighted by atomic mass is 10.3. The molecule has 0 aliphatic rings. The summed E-state index contributed by atoms with van der Waals surface area (Å²) in [5.74, 6) is 0. The standard InChI is InChI=1S/C9H6F4N2O2S2/c1-15-5(4-7(14-15)9(10,11)12)6-2-3-8(18-6)19(13,16)17/h2-4H,1H3. The van der Waals surface area contributed by atoms with Crippen LogP contribution in [0.25, 0.3) is 10.6 Å². The van der Waals surface area contributed by atoms with Crippen molar-refractivity contribution in [3.63, 3.8) is 0 Å². The Morgan fingerprint density at radius 1 is 1.32 bits per heavy atom. The van der Waals surface area contributed by atoms with E-state index in [1.54, 1.807) is 0 Å². The molecule has 0 aromatic carbocycles. The third kappa shape index (κ3) is 2.78. The summed E-state index contributed by atoms with van der Waals surface area (Å²) in [5.41, 5.74) is -1.03. The average Bonchev–Trinajstić information content (AvgIpc) is 2.80. The van der Waals surface area contributed by atoms with Gasteiger partial charge in [-0.15, -0.1) is 11.3 Å². The van der Waals surface area contributed by atoms with Crippen LogP contribution >= 0.6 is 11.3 Å². The number of hydrogen-bond donors (Lipinski definition) is 0. The Morgan fingerprint density at radius 3 is 2.37 bits per heavy atom. The summed E-state index contributed by atoms with van der Waals surface area (Å²) in [5, 5.41) is 3.28. The molecule has 2 aromatic heterocycles. The molecule has 4 nitrogen and oxygen atoms in total. The van der Waals surface area contributed by atoms with Crippen LogP contribution in [0.4, 0.5) is 17.1 Å². The SMILES string of the molecule is Cn1nc(C(F)(F)F)cc1-c1ccc(S(=O)(=O)F)s1. The van der Waals surface area contributed by atoms with Crippen LogP contribution in [0.1, 0.15) is 5.69 Å². The fourth-order valence-corrected chi connectivity index (χ4v) is 3.11. The lowest BCUT2D eigenvalue weighted by Gasteiger charge is -1.98. The van der Waals surface area contributed by atoms with E-state index in [9.17, 15) is 25.5 Å². The topological polar surface area (TPSA) is 52.0 Å². The van der Waals surface area contributed by atoms with Crippen molar-refractivity contribution in [1.29, 1.82) is 0 Å². The van der Waals surface area contributed by atoms with Gasteiger partial charge >= 0.3 is 16.4 Å². The fraction of sp³-hybridized carbons (Fsp3) is 0.222. The first-order valence-electron chi connectivity index (χ1n) is 4.75. The average molecular weight is 314 g/mol. The van der Waals surface area contributed by atoms with E-state index in [4.69, 9.17) is 0 Å². The maximum Gasteiger partial charge on any atom is 0.435 e. The third-order valence-electron chi connectivity index (χ3n) is 2.24. The second kappa shape index (κ2) is 4.30. The van der Waals surface area contributed by atoms with Crippen LogP contribution in [-0.2, 0) is 23.4 Å². The van der Waals surface area contributed by atoms with Gasteiger partial charge in [-0.25, -0.2) is 0 Å². The Labute approximate surface area is 109 Å². The number of alkyl halides is 3. The maximum absolute atomic E-state index is 12.7. The van der Waals surface area contributed by atoms with E-state index < -0.39 is 26.3 Å². The second-order valence-corrected chi connectivity index (χ2v) is 6.25. The highest BCUT2D eigenvalue weighted by molar-refractivity contribution is 7.88. The molecule has 10 heteroatoms. The number of thiophene rings is 1. The van der Waals surface area contributed by atoms with Crippen molar-refractivity contribution in [1.82, 2.24) is 9.78 Å². The molecule has 0 aliphatic heterocycles. The summed E-state index contributed by atoms with van der Waals surface area (Å²) in [6.45, 7) is 0. The molecule has 0 atom stereocenters. The zero-order valence-corrected chi connectivity index (χ0v) is 10.9. The van der Waals surface area contributed by atoms with Crippen molar-refractivity contribution >= 4 is 21.6 Å². The van der Waals surface area contributed by atoms with Crippen LogP contribution < -0.4 is 0 Å². The number of halogens is 4. The lowest BCUT2D eigenvalue weighted by molar-refractivity contribution is -0.141. The molecule has 2 aromatic rings. The molecule has 2 rings (SSSR count). The molecule has 0 aliphatic carbocycles. The van der Waals surface area contributed by atoms with Gasteiger partial charge in [0.15, 0.2) is 9.90 Å². The second-order valence-electron chi connectivity index (χ2n) is 3.59. The van der Waals surface area contributed by atoms with Gasteiger partial charge in [-0.2, -0.15) is 26.7 Å². The van der Waals surface area contributed by atoms with Gasteiger partial charge in [0.2, 0.25) is 0 Å². The van der Waals surface area contributed by atoms with E-state index >= 15 is 0 Å². The maximum atomic E-state index is 12.7.